The van der Waals surface area contributed by atoms with Crippen molar-refractivity contribution in [2.75, 3.05) is 16.8 Å². The van der Waals surface area contributed by atoms with Crippen LogP contribution in [0, 0.1) is 10.1 Å². The molecule has 3 rings (SSSR count). The Morgan fingerprint density at radius 3 is 2.62 bits per heavy atom. The number of benzene rings is 1. The SMILES string of the molecule is CC(=O)c1ccc(Nc2ncnc(N3CCCCC3C)c2[N+](=O)[O-])cc1. The van der Waals surface area contributed by atoms with Gasteiger partial charge in [-0.05, 0) is 57.4 Å². The number of nitrogens with one attached hydrogen (secondary N) is 1. The highest BCUT2D eigenvalue weighted by Gasteiger charge is 2.30. The van der Waals surface area contributed by atoms with E-state index in [4.69, 9.17) is 0 Å². The second-order valence-electron chi connectivity index (χ2n) is 6.45. The van der Waals surface area contributed by atoms with E-state index in [0.29, 0.717) is 17.1 Å². The fourth-order valence-corrected chi connectivity index (χ4v) is 3.18. The first-order chi connectivity index (χ1) is 12.5. The van der Waals surface area contributed by atoms with E-state index in [1.54, 1.807) is 24.3 Å². The minimum atomic E-state index is -0.442. The largest absolute Gasteiger partial charge is 0.353 e. The average molecular weight is 355 g/mol. The molecular weight excluding hydrogens is 334 g/mol. The summed E-state index contributed by atoms with van der Waals surface area (Å²) < 4.78 is 0. The quantitative estimate of drug-likeness (QED) is 0.495. The van der Waals surface area contributed by atoms with Crippen molar-refractivity contribution in [3.05, 3.63) is 46.3 Å². The molecule has 0 radical (unpaired) electrons. The molecule has 8 heteroatoms. The van der Waals surface area contributed by atoms with Gasteiger partial charge in [-0.3, -0.25) is 14.9 Å². The summed E-state index contributed by atoms with van der Waals surface area (Å²) in [5.41, 5.74) is 1.07. The number of carbonyl (C=O) groups excluding carboxylic acids is 1. The van der Waals surface area contributed by atoms with E-state index in [9.17, 15) is 14.9 Å². The Kier molecular flexibility index (Phi) is 5.11. The normalized spacial score (nSPS) is 17.0. The monoisotopic (exact) mass is 355 g/mol. The third kappa shape index (κ3) is 3.63. The number of piperidine rings is 1. The molecule has 1 fully saturated rings. The van der Waals surface area contributed by atoms with Crippen LogP contribution in [0.4, 0.5) is 23.0 Å². The zero-order valence-electron chi connectivity index (χ0n) is 14.8. The number of aromatic nitrogens is 2. The molecule has 0 bridgehead atoms. The highest BCUT2D eigenvalue weighted by Crippen LogP contribution is 2.36. The van der Waals surface area contributed by atoms with Gasteiger partial charge in [0, 0.05) is 23.8 Å². The second-order valence-corrected chi connectivity index (χ2v) is 6.45. The van der Waals surface area contributed by atoms with Gasteiger partial charge in [-0.2, -0.15) is 0 Å². The van der Waals surface area contributed by atoms with Crippen LogP contribution in [0.25, 0.3) is 0 Å². The summed E-state index contributed by atoms with van der Waals surface area (Å²) in [6.45, 7) is 4.29. The third-order valence-corrected chi connectivity index (χ3v) is 4.61. The van der Waals surface area contributed by atoms with Crippen LogP contribution in [0.1, 0.15) is 43.5 Å². The molecule has 1 unspecified atom stereocenters. The summed E-state index contributed by atoms with van der Waals surface area (Å²) in [5, 5.41) is 14.7. The van der Waals surface area contributed by atoms with Gasteiger partial charge >= 0.3 is 5.69 Å². The fraction of sp³-hybridized carbons (Fsp3) is 0.389. The van der Waals surface area contributed by atoms with Crippen molar-refractivity contribution in [3.63, 3.8) is 0 Å². The summed E-state index contributed by atoms with van der Waals surface area (Å²) >= 11 is 0. The van der Waals surface area contributed by atoms with E-state index in [2.05, 4.69) is 22.2 Å². The van der Waals surface area contributed by atoms with Gasteiger partial charge in [-0.1, -0.05) is 0 Å². The molecule has 1 saturated heterocycles. The van der Waals surface area contributed by atoms with Crippen LogP contribution in [0.3, 0.4) is 0 Å². The van der Waals surface area contributed by atoms with Crippen molar-refractivity contribution in [3.8, 4) is 0 Å². The van der Waals surface area contributed by atoms with Gasteiger partial charge in [0.2, 0.25) is 11.6 Å². The summed E-state index contributed by atoms with van der Waals surface area (Å²) in [7, 11) is 0. The highest BCUT2D eigenvalue weighted by molar-refractivity contribution is 5.94. The molecule has 2 heterocycles. The van der Waals surface area contributed by atoms with Crippen molar-refractivity contribution in [1.82, 2.24) is 9.97 Å². The van der Waals surface area contributed by atoms with Crippen molar-refractivity contribution in [2.24, 2.45) is 0 Å². The number of ketones is 1. The van der Waals surface area contributed by atoms with Crippen molar-refractivity contribution >= 4 is 28.8 Å². The molecule has 8 nitrogen and oxygen atoms in total. The van der Waals surface area contributed by atoms with Gasteiger partial charge in [-0.15, -0.1) is 0 Å². The number of nitro groups is 1. The fourth-order valence-electron chi connectivity index (χ4n) is 3.18. The number of hydrogen-bond donors (Lipinski definition) is 1. The van der Waals surface area contributed by atoms with Crippen LogP contribution < -0.4 is 10.2 Å². The molecule has 0 saturated carbocycles. The summed E-state index contributed by atoms with van der Waals surface area (Å²) in [6, 6.07) is 6.94. The molecule has 2 aromatic rings. The number of carbonyl (C=O) groups is 1. The minimum absolute atomic E-state index is 0.0362. The van der Waals surface area contributed by atoms with Crippen molar-refractivity contribution in [2.45, 2.75) is 39.2 Å². The smallest absolute Gasteiger partial charge is 0.348 e. The lowest BCUT2D eigenvalue weighted by Crippen LogP contribution is -2.38. The number of nitrogens with zero attached hydrogens (tertiary/aromatic N) is 4. The minimum Gasteiger partial charge on any atom is -0.348 e. The highest BCUT2D eigenvalue weighted by atomic mass is 16.6. The van der Waals surface area contributed by atoms with E-state index in [0.717, 1.165) is 25.8 Å². The van der Waals surface area contributed by atoms with Gasteiger partial charge < -0.3 is 10.2 Å². The predicted octanol–water partition coefficient (Wildman–Crippen LogP) is 3.71. The predicted molar refractivity (Wildman–Crippen MR) is 99.1 cm³/mol. The van der Waals surface area contributed by atoms with Crippen molar-refractivity contribution in [1.29, 1.82) is 0 Å². The van der Waals surface area contributed by atoms with E-state index in [-0.39, 0.29) is 23.3 Å². The van der Waals surface area contributed by atoms with Gasteiger partial charge in [0.15, 0.2) is 5.78 Å². The van der Waals surface area contributed by atoms with Crippen LogP contribution in [-0.2, 0) is 0 Å². The zero-order valence-corrected chi connectivity index (χ0v) is 14.8. The van der Waals surface area contributed by atoms with E-state index in [1.165, 1.54) is 13.3 Å². The molecule has 1 aliphatic heterocycles. The van der Waals surface area contributed by atoms with E-state index in [1.807, 2.05) is 4.90 Å². The standard InChI is InChI=1S/C18H21N5O3/c1-12-5-3-4-10-22(12)18-16(23(25)26)17(19-11-20-18)21-15-8-6-14(7-9-15)13(2)24/h6-9,11-12H,3-5,10H2,1-2H3,(H,19,20,21). The maximum Gasteiger partial charge on any atom is 0.353 e. The second kappa shape index (κ2) is 7.47. The number of rotatable bonds is 5. The van der Waals surface area contributed by atoms with E-state index >= 15 is 0 Å². The van der Waals surface area contributed by atoms with Crippen molar-refractivity contribution < 1.29 is 9.72 Å². The van der Waals surface area contributed by atoms with E-state index < -0.39 is 4.92 Å². The summed E-state index contributed by atoms with van der Waals surface area (Å²) in [6.07, 6.45) is 4.43. The Labute approximate surface area is 151 Å². The zero-order chi connectivity index (χ0) is 18.7. The molecule has 26 heavy (non-hydrogen) atoms. The molecule has 136 valence electrons. The van der Waals surface area contributed by atoms with Gasteiger partial charge in [-0.25, -0.2) is 9.97 Å². The molecule has 1 aliphatic rings. The van der Waals surface area contributed by atoms with Gasteiger partial charge in [0.05, 0.1) is 4.92 Å². The Morgan fingerprint density at radius 2 is 2.00 bits per heavy atom. The third-order valence-electron chi connectivity index (χ3n) is 4.61. The number of Topliss-reactive ketones (excluding diaryl/α,β-unsaturated/α-hetero) is 1. The maximum absolute atomic E-state index is 11.7. The van der Waals surface area contributed by atoms with Crippen LogP contribution >= 0.6 is 0 Å². The average Bonchev–Trinajstić information content (AvgIpc) is 2.62. The number of anilines is 3. The first kappa shape index (κ1) is 17.8. The summed E-state index contributed by atoms with van der Waals surface area (Å²) in [5.74, 6) is 0.458. The first-order valence-corrected chi connectivity index (χ1v) is 8.61. The Balaban J connectivity index is 1.95. The Bertz CT molecular complexity index is 822. The van der Waals surface area contributed by atoms with Gasteiger partial charge in [0.25, 0.3) is 0 Å². The molecule has 1 atom stereocenters. The van der Waals surface area contributed by atoms with Crippen LogP contribution in [0.5, 0.6) is 0 Å². The van der Waals surface area contributed by atoms with Crippen LogP contribution in [0.15, 0.2) is 30.6 Å². The molecule has 1 N–H and O–H groups in total. The maximum atomic E-state index is 11.7. The van der Waals surface area contributed by atoms with Crippen LogP contribution in [-0.4, -0.2) is 33.3 Å². The number of hydrogen-bond acceptors (Lipinski definition) is 7. The molecule has 0 amide bonds. The molecule has 1 aromatic heterocycles. The topological polar surface area (TPSA) is 101 Å². The lowest BCUT2D eigenvalue weighted by molar-refractivity contribution is -0.383. The van der Waals surface area contributed by atoms with Gasteiger partial charge in [0.1, 0.15) is 6.33 Å². The lowest BCUT2D eigenvalue weighted by Gasteiger charge is -2.33. The molecule has 1 aromatic carbocycles. The Morgan fingerprint density at radius 1 is 1.27 bits per heavy atom. The molecule has 0 aliphatic carbocycles. The Hall–Kier alpha value is -3.03. The van der Waals surface area contributed by atoms with Crippen LogP contribution in [0.2, 0.25) is 0 Å². The first-order valence-electron chi connectivity index (χ1n) is 8.61. The summed E-state index contributed by atoms with van der Waals surface area (Å²) in [4.78, 5) is 32.9. The molecule has 0 spiro atoms. The lowest BCUT2D eigenvalue weighted by atomic mass is 10.0. The molecular formula is C18H21N5O3.